The first-order valence-electron chi connectivity index (χ1n) is 8.14. The normalized spacial score (nSPS) is 11.8. The van der Waals surface area contributed by atoms with Gasteiger partial charge in [-0.3, -0.25) is 14.2 Å². The maximum Gasteiger partial charge on any atom is 0.308 e. The highest BCUT2D eigenvalue weighted by Gasteiger charge is 2.16. The number of fused-ring (bicyclic) bond motifs is 1. The largest absolute Gasteiger partial charge is 0.346 e. The van der Waals surface area contributed by atoms with E-state index in [0.29, 0.717) is 6.54 Å². The summed E-state index contributed by atoms with van der Waals surface area (Å²) in [6.45, 7) is 4.04. The molecule has 1 amide bonds. The molecule has 5 nitrogen and oxygen atoms in total. The van der Waals surface area contributed by atoms with Crippen LogP contribution in [0, 0.1) is 13.8 Å². The summed E-state index contributed by atoms with van der Waals surface area (Å²) in [5.74, 6) is -0.216. The van der Waals surface area contributed by atoms with Crippen LogP contribution in [0.2, 0.25) is 0 Å². The monoisotopic (exact) mass is 391 g/mol. The van der Waals surface area contributed by atoms with Gasteiger partial charge in [-0.2, -0.15) is 0 Å². The fourth-order valence-corrected chi connectivity index (χ4v) is 3.69. The number of aryl methyl sites for hydroxylation is 1. The van der Waals surface area contributed by atoms with Crippen LogP contribution in [0.25, 0.3) is 10.8 Å². The van der Waals surface area contributed by atoms with E-state index in [1.54, 1.807) is 0 Å². The summed E-state index contributed by atoms with van der Waals surface area (Å²) < 4.78 is 1.50. The van der Waals surface area contributed by atoms with Crippen LogP contribution in [-0.4, -0.2) is 17.0 Å². The van der Waals surface area contributed by atoms with Crippen molar-refractivity contribution in [1.82, 2.24) is 9.88 Å². The van der Waals surface area contributed by atoms with E-state index in [1.165, 1.54) is 4.57 Å². The predicted octanol–water partition coefficient (Wildman–Crippen LogP) is 2.92. The van der Waals surface area contributed by atoms with Gasteiger partial charge in [0.15, 0.2) is 0 Å². The molecule has 0 spiro atoms. The number of halogens is 1. The lowest BCUT2D eigenvalue weighted by Crippen LogP contribution is -2.37. The summed E-state index contributed by atoms with van der Waals surface area (Å²) in [7, 11) is 0. The van der Waals surface area contributed by atoms with Crippen LogP contribution in [-0.2, 0) is 11.3 Å². The molecule has 0 aliphatic carbocycles. The molecule has 26 heavy (non-hydrogen) atoms. The topological polar surface area (TPSA) is 77.1 Å². The first kappa shape index (κ1) is 20.2. The second-order valence-corrected chi connectivity index (χ2v) is 7.22. The zero-order chi connectivity index (χ0) is 18.0. The van der Waals surface area contributed by atoms with Gasteiger partial charge in [0.1, 0.15) is 6.54 Å². The number of amides is 1. The number of hydrogen-bond acceptors (Lipinski definition) is 4. The number of aromatic nitrogens is 1. The van der Waals surface area contributed by atoms with E-state index >= 15 is 0 Å². The second kappa shape index (κ2) is 8.49. The summed E-state index contributed by atoms with van der Waals surface area (Å²) in [6, 6.07) is 13.8. The van der Waals surface area contributed by atoms with Gasteiger partial charge in [0, 0.05) is 17.1 Å². The zero-order valence-electron chi connectivity index (χ0n) is 14.7. The van der Waals surface area contributed by atoms with Crippen LogP contribution in [0.3, 0.4) is 0 Å². The Morgan fingerprint density at radius 2 is 1.88 bits per heavy atom. The number of carbonyl (C=O) groups is 1. The molecule has 7 heteroatoms. The third-order valence-corrected chi connectivity index (χ3v) is 5.42. The minimum atomic E-state index is -0.284. The Balaban J connectivity index is 0.00000243. The third kappa shape index (κ3) is 4.15. The Morgan fingerprint density at radius 3 is 2.50 bits per heavy atom. The molecule has 0 radical (unpaired) electrons. The van der Waals surface area contributed by atoms with Crippen molar-refractivity contribution in [2.75, 3.05) is 6.54 Å². The Morgan fingerprint density at radius 1 is 1.19 bits per heavy atom. The Labute approximate surface area is 162 Å². The van der Waals surface area contributed by atoms with Crippen molar-refractivity contribution in [2.24, 2.45) is 5.73 Å². The lowest BCUT2D eigenvalue weighted by molar-refractivity contribution is -0.122. The Bertz CT molecular complexity index is 980. The molecule has 0 saturated heterocycles. The van der Waals surface area contributed by atoms with Crippen molar-refractivity contribution >= 4 is 40.4 Å². The van der Waals surface area contributed by atoms with E-state index in [0.717, 1.165) is 38.2 Å². The molecule has 0 aliphatic rings. The lowest BCUT2D eigenvalue weighted by Gasteiger charge is -2.18. The standard InChI is InChI=1S/C19H21N3O2S.ClH/c1-12-13(2)25-19(24)22(12)11-18(23)21-17(10-20)16-8-7-14-5-3-4-6-15(14)9-16;/h3-9,17H,10-11,20H2,1-2H3,(H,21,23);1H. The maximum absolute atomic E-state index is 12.4. The van der Waals surface area contributed by atoms with Crippen molar-refractivity contribution < 1.29 is 4.79 Å². The van der Waals surface area contributed by atoms with Gasteiger partial charge in [-0.1, -0.05) is 47.7 Å². The summed E-state index contributed by atoms with van der Waals surface area (Å²) >= 11 is 1.16. The molecular weight excluding hydrogens is 370 g/mol. The number of carbonyl (C=O) groups excluding carboxylic acids is 1. The molecule has 138 valence electrons. The highest BCUT2D eigenvalue weighted by Crippen LogP contribution is 2.20. The van der Waals surface area contributed by atoms with Crippen molar-refractivity contribution in [2.45, 2.75) is 26.4 Å². The molecule has 0 aliphatic heterocycles. The molecule has 1 atom stereocenters. The summed E-state index contributed by atoms with van der Waals surface area (Å²) in [6.07, 6.45) is 0. The zero-order valence-corrected chi connectivity index (χ0v) is 16.3. The van der Waals surface area contributed by atoms with E-state index in [9.17, 15) is 9.59 Å². The molecule has 2 aromatic carbocycles. The van der Waals surface area contributed by atoms with Crippen LogP contribution < -0.4 is 15.9 Å². The SMILES string of the molecule is Cc1sc(=O)n(CC(=O)NC(CN)c2ccc3ccccc3c2)c1C.Cl. The van der Waals surface area contributed by atoms with E-state index in [-0.39, 0.29) is 35.8 Å². The van der Waals surface area contributed by atoms with Crippen molar-refractivity contribution in [1.29, 1.82) is 0 Å². The first-order valence-corrected chi connectivity index (χ1v) is 8.96. The minimum absolute atomic E-state index is 0. The van der Waals surface area contributed by atoms with Crippen LogP contribution in [0.1, 0.15) is 22.2 Å². The first-order chi connectivity index (χ1) is 12.0. The summed E-state index contributed by atoms with van der Waals surface area (Å²) in [5, 5.41) is 5.19. The summed E-state index contributed by atoms with van der Waals surface area (Å²) in [4.78, 5) is 25.2. The molecule has 0 bridgehead atoms. The van der Waals surface area contributed by atoms with Gasteiger partial charge in [-0.05, 0) is 36.2 Å². The van der Waals surface area contributed by atoms with Crippen molar-refractivity contribution in [3.63, 3.8) is 0 Å². The smallest absolute Gasteiger partial charge is 0.308 e. The van der Waals surface area contributed by atoms with Crippen LogP contribution in [0.15, 0.2) is 47.3 Å². The van der Waals surface area contributed by atoms with E-state index in [1.807, 2.05) is 56.3 Å². The number of benzene rings is 2. The predicted molar refractivity (Wildman–Crippen MR) is 109 cm³/mol. The highest BCUT2D eigenvalue weighted by molar-refractivity contribution is 7.09. The third-order valence-electron chi connectivity index (χ3n) is 4.42. The van der Waals surface area contributed by atoms with Crippen molar-refractivity contribution in [3.8, 4) is 0 Å². The lowest BCUT2D eigenvalue weighted by atomic mass is 10.0. The number of rotatable bonds is 5. The van der Waals surface area contributed by atoms with Crippen LogP contribution in [0.4, 0.5) is 0 Å². The fourth-order valence-electron chi connectivity index (χ4n) is 2.86. The molecule has 1 aromatic heterocycles. The Kier molecular flexibility index (Phi) is 6.58. The van der Waals surface area contributed by atoms with E-state index in [2.05, 4.69) is 5.32 Å². The van der Waals surface area contributed by atoms with Crippen LogP contribution >= 0.6 is 23.7 Å². The number of hydrogen-bond donors (Lipinski definition) is 2. The van der Waals surface area contributed by atoms with Gasteiger partial charge < -0.3 is 11.1 Å². The maximum atomic E-state index is 12.4. The summed E-state index contributed by atoms with van der Waals surface area (Å²) in [5.41, 5.74) is 7.67. The highest BCUT2D eigenvalue weighted by atomic mass is 35.5. The average molecular weight is 392 g/mol. The van der Waals surface area contributed by atoms with Crippen LogP contribution in [0.5, 0.6) is 0 Å². The molecule has 3 aromatic rings. The molecule has 1 unspecified atom stereocenters. The van der Waals surface area contributed by atoms with Gasteiger partial charge in [0.25, 0.3) is 0 Å². The Hall–Kier alpha value is -2.15. The molecular formula is C19H22ClN3O2S. The molecule has 3 N–H and O–H groups in total. The van der Waals surface area contributed by atoms with Crippen molar-refractivity contribution in [3.05, 3.63) is 68.3 Å². The van der Waals surface area contributed by atoms with Gasteiger partial charge in [0.05, 0.1) is 6.04 Å². The van der Waals surface area contributed by atoms with Gasteiger partial charge in [-0.15, -0.1) is 12.4 Å². The molecule has 0 fully saturated rings. The average Bonchev–Trinajstić information content (AvgIpc) is 2.85. The molecule has 3 rings (SSSR count). The number of thiazole rings is 1. The van der Waals surface area contributed by atoms with Gasteiger partial charge in [-0.25, -0.2) is 0 Å². The number of nitrogens with one attached hydrogen (secondary N) is 1. The minimum Gasteiger partial charge on any atom is -0.346 e. The quantitative estimate of drug-likeness (QED) is 0.702. The van der Waals surface area contributed by atoms with Gasteiger partial charge in [0.2, 0.25) is 5.91 Å². The molecule has 1 heterocycles. The second-order valence-electron chi connectivity index (χ2n) is 6.06. The molecule has 0 saturated carbocycles. The fraction of sp³-hybridized carbons (Fsp3) is 0.263. The van der Waals surface area contributed by atoms with E-state index < -0.39 is 0 Å². The number of nitrogens with two attached hydrogens (primary N) is 1. The van der Waals surface area contributed by atoms with Gasteiger partial charge >= 0.3 is 4.87 Å². The van der Waals surface area contributed by atoms with E-state index in [4.69, 9.17) is 5.73 Å². The number of nitrogens with zero attached hydrogens (tertiary/aromatic N) is 1.